The van der Waals surface area contributed by atoms with E-state index < -0.39 is 0 Å². The van der Waals surface area contributed by atoms with Crippen molar-refractivity contribution in [2.75, 3.05) is 26.2 Å². The van der Waals surface area contributed by atoms with E-state index in [9.17, 15) is 0 Å². The van der Waals surface area contributed by atoms with E-state index in [2.05, 4.69) is 20.3 Å². The van der Waals surface area contributed by atoms with E-state index in [0.29, 0.717) is 5.02 Å². The minimum atomic E-state index is -0.102. The van der Waals surface area contributed by atoms with E-state index >= 15 is 0 Å². The van der Waals surface area contributed by atoms with E-state index in [1.807, 2.05) is 36.4 Å². The molecule has 3 aliphatic rings. The second-order valence-electron chi connectivity index (χ2n) is 8.73. The van der Waals surface area contributed by atoms with E-state index in [4.69, 9.17) is 27.9 Å². The summed E-state index contributed by atoms with van der Waals surface area (Å²) in [5, 5.41) is 9.11. The number of aromatic nitrogens is 3. The fraction of sp³-hybridized carbons (Fsp3) is 0.391. The van der Waals surface area contributed by atoms with Crippen molar-refractivity contribution in [3.8, 4) is 11.4 Å². The summed E-state index contributed by atoms with van der Waals surface area (Å²) in [6.07, 6.45) is 4.00. The van der Waals surface area contributed by atoms with Gasteiger partial charge in [0.05, 0.1) is 11.7 Å². The van der Waals surface area contributed by atoms with Crippen LogP contribution >= 0.6 is 23.2 Å². The predicted molar refractivity (Wildman–Crippen MR) is 120 cm³/mol. The third-order valence-electron chi connectivity index (χ3n) is 6.93. The third-order valence-corrected chi connectivity index (χ3v) is 7.49. The molecule has 8 heteroatoms. The van der Waals surface area contributed by atoms with E-state index in [0.717, 1.165) is 72.0 Å². The first-order valence-corrected chi connectivity index (χ1v) is 11.5. The van der Waals surface area contributed by atoms with Crippen LogP contribution in [0.2, 0.25) is 10.0 Å². The largest absolute Gasteiger partial charge is 0.484 e. The maximum absolute atomic E-state index is 6.61. The van der Waals surface area contributed by atoms with Crippen molar-refractivity contribution in [2.24, 2.45) is 11.8 Å². The molecule has 0 spiro atoms. The molecule has 0 bridgehead atoms. The number of benzene rings is 2. The molecular formula is C23H23Cl2N5O. The number of nitrogens with zero attached hydrogens (tertiary/aromatic N) is 4. The van der Waals surface area contributed by atoms with Crippen LogP contribution in [0.1, 0.15) is 17.2 Å². The second-order valence-corrected chi connectivity index (χ2v) is 9.58. The van der Waals surface area contributed by atoms with Crippen LogP contribution < -0.4 is 10.1 Å². The SMILES string of the molecule is Clc1cc(Cl)c2c(c1)C(Oc1ccc(-n3cncn3)cc1)C(N1CC3CNCC3C1)C2. The van der Waals surface area contributed by atoms with Crippen LogP contribution in [0.4, 0.5) is 0 Å². The number of fused-ring (bicyclic) bond motifs is 2. The highest BCUT2D eigenvalue weighted by atomic mass is 35.5. The minimum Gasteiger partial charge on any atom is -0.484 e. The molecule has 4 unspecified atom stereocenters. The Labute approximate surface area is 191 Å². The molecule has 3 heterocycles. The highest BCUT2D eigenvalue weighted by molar-refractivity contribution is 6.35. The highest BCUT2D eigenvalue weighted by Crippen LogP contribution is 2.44. The molecule has 1 aromatic heterocycles. The van der Waals surface area contributed by atoms with Crippen molar-refractivity contribution in [1.82, 2.24) is 25.0 Å². The molecule has 0 saturated carbocycles. The van der Waals surface area contributed by atoms with Crippen molar-refractivity contribution in [1.29, 1.82) is 0 Å². The zero-order valence-corrected chi connectivity index (χ0v) is 18.4. The van der Waals surface area contributed by atoms with Gasteiger partial charge in [0, 0.05) is 28.7 Å². The Balaban J connectivity index is 1.30. The summed E-state index contributed by atoms with van der Waals surface area (Å²) in [5.74, 6) is 2.28. The summed E-state index contributed by atoms with van der Waals surface area (Å²) in [6, 6.07) is 12.1. The molecule has 2 saturated heterocycles. The topological polar surface area (TPSA) is 55.2 Å². The number of hydrogen-bond donors (Lipinski definition) is 1. The van der Waals surface area contributed by atoms with Gasteiger partial charge in [-0.15, -0.1) is 0 Å². The summed E-state index contributed by atoms with van der Waals surface area (Å²) < 4.78 is 8.34. The normalized spacial score (nSPS) is 27.4. The monoisotopic (exact) mass is 455 g/mol. The fourth-order valence-corrected chi connectivity index (χ4v) is 5.99. The number of ether oxygens (including phenoxy) is 1. The van der Waals surface area contributed by atoms with Crippen LogP contribution in [0.25, 0.3) is 5.69 Å². The Morgan fingerprint density at radius 2 is 1.81 bits per heavy atom. The molecule has 2 aliphatic heterocycles. The zero-order chi connectivity index (χ0) is 20.9. The Morgan fingerprint density at radius 1 is 1.03 bits per heavy atom. The second kappa shape index (κ2) is 7.78. The van der Waals surface area contributed by atoms with E-state index in [-0.39, 0.29) is 12.1 Å². The number of hydrogen-bond acceptors (Lipinski definition) is 5. The molecule has 0 radical (unpaired) electrons. The molecule has 2 aromatic carbocycles. The van der Waals surface area contributed by atoms with Gasteiger partial charge in [-0.25, -0.2) is 9.67 Å². The standard InChI is InChI=1S/C23H23Cl2N5O/c24-16-5-20-19(21(25)6-16)7-22(29-10-14-8-26-9-15(14)11-29)23(20)31-18-3-1-17(2-4-18)30-13-27-12-28-30/h1-6,12-15,22-23,26H,7-11H2. The first-order chi connectivity index (χ1) is 15.2. The average Bonchev–Trinajstić information content (AvgIpc) is 3.52. The van der Waals surface area contributed by atoms with Gasteiger partial charge in [0.25, 0.3) is 0 Å². The number of rotatable bonds is 4. The lowest BCUT2D eigenvalue weighted by molar-refractivity contribution is 0.0890. The van der Waals surface area contributed by atoms with Gasteiger partial charge in [-0.1, -0.05) is 23.2 Å². The quantitative estimate of drug-likeness (QED) is 0.648. The van der Waals surface area contributed by atoms with Crippen molar-refractivity contribution in [3.63, 3.8) is 0 Å². The van der Waals surface area contributed by atoms with Crippen LogP contribution in [-0.2, 0) is 6.42 Å². The lowest BCUT2D eigenvalue weighted by Crippen LogP contribution is -2.40. The van der Waals surface area contributed by atoms with E-state index in [1.54, 1.807) is 11.0 Å². The van der Waals surface area contributed by atoms with Gasteiger partial charge in [-0.3, -0.25) is 4.90 Å². The lowest BCUT2D eigenvalue weighted by atomic mass is 10.0. The molecule has 2 fully saturated rings. The summed E-state index contributed by atoms with van der Waals surface area (Å²) in [5.41, 5.74) is 3.22. The summed E-state index contributed by atoms with van der Waals surface area (Å²) in [4.78, 5) is 6.62. The first kappa shape index (κ1) is 19.6. The van der Waals surface area contributed by atoms with Crippen LogP contribution in [0.5, 0.6) is 5.75 Å². The van der Waals surface area contributed by atoms with Crippen molar-refractivity contribution < 1.29 is 4.74 Å². The maximum Gasteiger partial charge on any atom is 0.140 e. The van der Waals surface area contributed by atoms with Crippen LogP contribution in [0, 0.1) is 11.8 Å². The van der Waals surface area contributed by atoms with Crippen molar-refractivity contribution >= 4 is 23.2 Å². The maximum atomic E-state index is 6.61. The highest BCUT2D eigenvalue weighted by Gasteiger charge is 2.45. The Bertz CT molecular complexity index is 1080. The number of halogens is 2. The third kappa shape index (κ3) is 3.52. The molecule has 3 aromatic rings. The van der Waals surface area contributed by atoms with Gasteiger partial charge in [-0.2, -0.15) is 5.10 Å². The Morgan fingerprint density at radius 3 is 2.52 bits per heavy atom. The van der Waals surface area contributed by atoms with Gasteiger partial charge in [0.2, 0.25) is 0 Å². The molecular weight excluding hydrogens is 433 g/mol. The Hall–Kier alpha value is -2.12. The van der Waals surface area contributed by atoms with Gasteiger partial charge >= 0.3 is 0 Å². The van der Waals surface area contributed by atoms with Gasteiger partial charge < -0.3 is 10.1 Å². The lowest BCUT2D eigenvalue weighted by Gasteiger charge is -2.31. The molecule has 0 amide bonds. The summed E-state index contributed by atoms with van der Waals surface area (Å²) >= 11 is 13.0. The predicted octanol–water partition coefficient (Wildman–Crippen LogP) is 3.77. The molecule has 4 atom stereocenters. The summed E-state index contributed by atoms with van der Waals surface area (Å²) in [6.45, 7) is 4.44. The molecule has 31 heavy (non-hydrogen) atoms. The van der Waals surface area contributed by atoms with Crippen LogP contribution in [0.3, 0.4) is 0 Å². The molecule has 160 valence electrons. The summed E-state index contributed by atoms with van der Waals surface area (Å²) in [7, 11) is 0. The van der Waals surface area contributed by atoms with Gasteiger partial charge in [0.15, 0.2) is 0 Å². The smallest absolute Gasteiger partial charge is 0.140 e. The van der Waals surface area contributed by atoms with E-state index in [1.165, 1.54) is 6.33 Å². The molecule has 6 nitrogen and oxygen atoms in total. The zero-order valence-electron chi connectivity index (χ0n) is 16.9. The van der Waals surface area contributed by atoms with Gasteiger partial charge in [-0.05, 0) is 73.3 Å². The minimum absolute atomic E-state index is 0.102. The fourth-order valence-electron chi connectivity index (χ4n) is 5.41. The van der Waals surface area contributed by atoms with Crippen molar-refractivity contribution in [2.45, 2.75) is 18.6 Å². The number of likely N-dealkylation sites (tertiary alicyclic amines) is 1. The van der Waals surface area contributed by atoms with Crippen molar-refractivity contribution in [3.05, 3.63) is 70.2 Å². The Kier molecular flexibility index (Phi) is 4.91. The number of nitrogens with one attached hydrogen (secondary N) is 1. The molecule has 1 N–H and O–H groups in total. The molecule has 6 rings (SSSR count). The average molecular weight is 456 g/mol. The first-order valence-electron chi connectivity index (χ1n) is 10.7. The van der Waals surface area contributed by atoms with Crippen LogP contribution in [0.15, 0.2) is 49.1 Å². The molecule has 1 aliphatic carbocycles. The van der Waals surface area contributed by atoms with Gasteiger partial charge in [0.1, 0.15) is 24.5 Å². The van der Waals surface area contributed by atoms with Crippen LogP contribution in [-0.4, -0.2) is 51.9 Å².